The molecule has 1 aliphatic rings. The molecule has 0 amide bonds. The Bertz CT molecular complexity index is 245. The minimum absolute atomic E-state index is 0.0861. The summed E-state index contributed by atoms with van der Waals surface area (Å²) in [7, 11) is 0. The average Bonchev–Trinajstić information content (AvgIpc) is 2.65. The second-order valence-electron chi connectivity index (χ2n) is 5.77. The van der Waals surface area contributed by atoms with Crippen LogP contribution in [0.1, 0.15) is 41.0 Å². The van der Waals surface area contributed by atoms with Gasteiger partial charge >= 0.3 is 5.97 Å². The molecular formula is C13H25NO2. The fourth-order valence-electron chi connectivity index (χ4n) is 2.26. The van der Waals surface area contributed by atoms with Crippen LogP contribution < -0.4 is 0 Å². The van der Waals surface area contributed by atoms with Gasteiger partial charge in [-0.2, -0.15) is 0 Å². The lowest BCUT2D eigenvalue weighted by Crippen LogP contribution is -2.39. The highest BCUT2D eigenvalue weighted by molar-refractivity contribution is 5.75. The quantitative estimate of drug-likeness (QED) is 0.693. The van der Waals surface area contributed by atoms with Crippen LogP contribution in [0.4, 0.5) is 0 Å². The molecule has 1 heterocycles. The van der Waals surface area contributed by atoms with Crippen LogP contribution in [-0.4, -0.2) is 36.6 Å². The maximum absolute atomic E-state index is 11.6. The highest BCUT2D eigenvalue weighted by Gasteiger charge is 2.35. The van der Waals surface area contributed by atoms with E-state index in [1.165, 1.54) is 6.42 Å². The van der Waals surface area contributed by atoms with Crippen molar-refractivity contribution in [1.29, 1.82) is 0 Å². The van der Waals surface area contributed by atoms with Crippen LogP contribution in [0.3, 0.4) is 0 Å². The Morgan fingerprint density at radius 1 is 1.50 bits per heavy atom. The molecule has 0 aromatic carbocycles. The van der Waals surface area contributed by atoms with Crippen molar-refractivity contribution in [2.24, 2.45) is 11.3 Å². The van der Waals surface area contributed by atoms with Gasteiger partial charge in [0.2, 0.25) is 0 Å². The lowest BCUT2D eigenvalue weighted by atomic mass is 9.80. The molecular weight excluding hydrogens is 202 g/mol. The Morgan fingerprint density at radius 3 is 2.56 bits per heavy atom. The summed E-state index contributed by atoms with van der Waals surface area (Å²) in [5.74, 6) is 0.599. The number of hydrogen-bond acceptors (Lipinski definition) is 3. The van der Waals surface area contributed by atoms with Crippen molar-refractivity contribution in [2.75, 3.05) is 19.7 Å². The highest BCUT2D eigenvalue weighted by Crippen LogP contribution is 2.34. The van der Waals surface area contributed by atoms with E-state index in [9.17, 15) is 4.79 Å². The van der Waals surface area contributed by atoms with Gasteiger partial charge in [-0.3, -0.25) is 9.69 Å². The Kier molecular flexibility index (Phi) is 4.36. The zero-order chi connectivity index (χ0) is 12.3. The van der Waals surface area contributed by atoms with E-state index < -0.39 is 0 Å². The molecule has 0 aromatic rings. The highest BCUT2D eigenvalue weighted by atomic mass is 16.5. The van der Waals surface area contributed by atoms with E-state index in [1.54, 1.807) is 0 Å². The van der Waals surface area contributed by atoms with Crippen LogP contribution >= 0.6 is 0 Å². The molecule has 16 heavy (non-hydrogen) atoms. The zero-order valence-electron chi connectivity index (χ0n) is 11.2. The molecule has 0 radical (unpaired) electrons. The van der Waals surface area contributed by atoms with Crippen LogP contribution in [-0.2, 0) is 9.53 Å². The molecule has 2 unspecified atom stereocenters. The number of rotatable bonds is 3. The first kappa shape index (κ1) is 13.5. The lowest BCUT2D eigenvalue weighted by Gasteiger charge is -2.28. The number of hydrogen-bond donors (Lipinski definition) is 0. The summed E-state index contributed by atoms with van der Waals surface area (Å²) in [5, 5.41) is 0. The van der Waals surface area contributed by atoms with E-state index in [4.69, 9.17) is 4.74 Å². The molecule has 0 spiro atoms. The van der Waals surface area contributed by atoms with Crippen LogP contribution in [0.2, 0.25) is 0 Å². The topological polar surface area (TPSA) is 29.5 Å². The van der Waals surface area contributed by atoms with Gasteiger partial charge in [-0.05, 0) is 38.1 Å². The Morgan fingerprint density at radius 2 is 2.12 bits per heavy atom. The van der Waals surface area contributed by atoms with Gasteiger partial charge in [0.05, 0.1) is 6.61 Å². The van der Waals surface area contributed by atoms with Gasteiger partial charge < -0.3 is 4.74 Å². The standard InChI is InChI=1S/C13H25NO2/c1-6-16-12(15)10(2)14-8-7-11(9-14)13(3,4)5/h10-11H,6-9H2,1-5H3. The number of nitrogens with zero attached hydrogens (tertiary/aromatic N) is 1. The molecule has 0 saturated carbocycles. The van der Waals surface area contributed by atoms with Crippen molar-refractivity contribution in [1.82, 2.24) is 4.90 Å². The van der Waals surface area contributed by atoms with Gasteiger partial charge in [-0.15, -0.1) is 0 Å². The monoisotopic (exact) mass is 227 g/mol. The van der Waals surface area contributed by atoms with E-state index in [1.807, 2.05) is 13.8 Å². The summed E-state index contributed by atoms with van der Waals surface area (Å²) in [6.07, 6.45) is 1.19. The van der Waals surface area contributed by atoms with E-state index in [-0.39, 0.29) is 12.0 Å². The van der Waals surface area contributed by atoms with Gasteiger partial charge in [0.1, 0.15) is 6.04 Å². The van der Waals surface area contributed by atoms with Gasteiger partial charge in [0, 0.05) is 6.54 Å². The molecule has 2 atom stereocenters. The third kappa shape index (κ3) is 3.21. The molecule has 1 aliphatic heterocycles. The van der Waals surface area contributed by atoms with Crippen LogP contribution in [0.25, 0.3) is 0 Å². The summed E-state index contributed by atoms with van der Waals surface area (Å²) in [5.41, 5.74) is 0.336. The second-order valence-corrected chi connectivity index (χ2v) is 5.77. The van der Waals surface area contributed by atoms with Gasteiger partial charge in [0.25, 0.3) is 0 Å². The van der Waals surface area contributed by atoms with E-state index >= 15 is 0 Å². The minimum atomic E-state index is -0.0905. The van der Waals surface area contributed by atoms with Crippen molar-refractivity contribution in [2.45, 2.75) is 47.1 Å². The fourth-order valence-corrected chi connectivity index (χ4v) is 2.26. The van der Waals surface area contributed by atoms with Gasteiger partial charge in [0.15, 0.2) is 0 Å². The van der Waals surface area contributed by atoms with E-state index in [0.29, 0.717) is 17.9 Å². The largest absolute Gasteiger partial charge is 0.465 e. The summed E-state index contributed by atoms with van der Waals surface area (Å²) < 4.78 is 5.06. The first-order valence-corrected chi connectivity index (χ1v) is 6.27. The lowest BCUT2D eigenvalue weighted by molar-refractivity contribution is -0.148. The van der Waals surface area contributed by atoms with E-state index in [2.05, 4.69) is 25.7 Å². The maximum Gasteiger partial charge on any atom is 0.323 e. The van der Waals surface area contributed by atoms with Crippen molar-refractivity contribution in [3.8, 4) is 0 Å². The molecule has 0 N–H and O–H groups in total. The molecule has 3 nitrogen and oxygen atoms in total. The summed E-state index contributed by atoms with van der Waals surface area (Å²) in [6.45, 7) is 13.1. The third-order valence-electron chi connectivity index (χ3n) is 3.62. The summed E-state index contributed by atoms with van der Waals surface area (Å²) >= 11 is 0. The third-order valence-corrected chi connectivity index (χ3v) is 3.62. The number of likely N-dealkylation sites (tertiary alicyclic amines) is 1. The van der Waals surface area contributed by atoms with Crippen molar-refractivity contribution >= 4 is 5.97 Å². The number of carbonyl (C=O) groups excluding carboxylic acids is 1. The molecule has 0 aromatic heterocycles. The number of ether oxygens (including phenoxy) is 1. The van der Waals surface area contributed by atoms with Gasteiger partial charge in [-0.25, -0.2) is 0 Å². The van der Waals surface area contributed by atoms with Crippen molar-refractivity contribution in [3.63, 3.8) is 0 Å². The predicted octanol–water partition coefficient (Wildman–Crippen LogP) is 2.31. The molecule has 1 rings (SSSR count). The van der Waals surface area contributed by atoms with Crippen LogP contribution in [0.5, 0.6) is 0 Å². The number of carbonyl (C=O) groups is 1. The van der Waals surface area contributed by atoms with Crippen LogP contribution in [0, 0.1) is 11.3 Å². The van der Waals surface area contributed by atoms with Gasteiger partial charge in [-0.1, -0.05) is 20.8 Å². The molecule has 1 fully saturated rings. The molecule has 3 heteroatoms. The molecule has 1 saturated heterocycles. The fraction of sp³-hybridized carbons (Fsp3) is 0.923. The molecule has 0 bridgehead atoms. The van der Waals surface area contributed by atoms with Crippen molar-refractivity contribution < 1.29 is 9.53 Å². The van der Waals surface area contributed by atoms with Crippen molar-refractivity contribution in [3.05, 3.63) is 0 Å². The predicted molar refractivity (Wildman–Crippen MR) is 65.2 cm³/mol. The first-order chi connectivity index (χ1) is 7.36. The smallest absolute Gasteiger partial charge is 0.323 e. The molecule has 94 valence electrons. The normalized spacial score (nSPS) is 24.4. The SMILES string of the molecule is CCOC(=O)C(C)N1CCC(C(C)(C)C)C1. The number of esters is 1. The zero-order valence-corrected chi connectivity index (χ0v) is 11.2. The Balaban J connectivity index is 2.50. The summed E-state index contributed by atoms with van der Waals surface area (Å²) in [4.78, 5) is 13.9. The van der Waals surface area contributed by atoms with Crippen LogP contribution in [0.15, 0.2) is 0 Å². The summed E-state index contributed by atoms with van der Waals surface area (Å²) in [6, 6.07) is -0.0905. The Labute approximate surface area is 99.1 Å². The second kappa shape index (κ2) is 5.17. The minimum Gasteiger partial charge on any atom is -0.465 e. The molecule has 0 aliphatic carbocycles. The average molecular weight is 227 g/mol. The van der Waals surface area contributed by atoms with E-state index in [0.717, 1.165) is 13.1 Å². The first-order valence-electron chi connectivity index (χ1n) is 6.27. The Hall–Kier alpha value is -0.570. The maximum atomic E-state index is 11.6.